The van der Waals surface area contributed by atoms with E-state index in [1.54, 1.807) is 12.4 Å². The van der Waals surface area contributed by atoms with Crippen molar-refractivity contribution in [3.05, 3.63) is 99.4 Å². The van der Waals surface area contributed by atoms with E-state index in [9.17, 15) is 5.11 Å². The molecule has 0 spiro atoms. The Kier molecular flexibility index (Phi) is 5.70. The van der Waals surface area contributed by atoms with Crippen LogP contribution in [0.1, 0.15) is 34.7 Å². The molecule has 3 nitrogen and oxygen atoms in total. The first kappa shape index (κ1) is 19.7. The summed E-state index contributed by atoms with van der Waals surface area (Å²) in [4.78, 5) is 8.87. The average Bonchev–Trinajstić information content (AvgIpc) is 2.71. The van der Waals surface area contributed by atoms with Gasteiger partial charge in [-0.25, -0.2) is 0 Å². The normalized spacial score (nSPS) is 12.2. The van der Waals surface area contributed by atoms with Gasteiger partial charge in [0.05, 0.1) is 5.02 Å². The van der Waals surface area contributed by atoms with Gasteiger partial charge >= 0.3 is 0 Å². The van der Waals surface area contributed by atoms with Gasteiger partial charge in [0.25, 0.3) is 0 Å². The molecule has 146 valence electrons. The zero-order valence-electron chi connectivity index (χ0n) is 15.9. The average molecular weight is 423 g/mol. The predicted molar refractivity (Wildman–Crippen MR) is 119 cm³/mol. The van der Waals surface area contributed by atoms with Crippen molar-refractivity contribution >= 4 is 34.1 Å². The van der Waals surface area contributed by atoms with Crippen LogP contribution in [0.15, 0.2) is 67.0 Å². The highest BCUT2D eigenvalue weighted by molar-refractivity contribution is 6.30. The second kappa shape index (κ2) is 8.40. The fourth-order valence-corrected chi connectivity index (χ4v) is 4.17. The van der Waals surface area contributed by atoms with Crippen LogP contribution < -0.4 is 0 Å². The molecule has 0 aliphatic carbocycles. The quantitative estimate of drug-likeness (QED) is 0.388. The third-order valence-corrected chi connectivity index (χ3v) is 5.67. The summed E-state index contributed by atoms with van der Waals surface area (Å²) in [5, 5.41) is 13.2. The van der Waals surface area contributed by atoms with Crippen LogP contribution >= 0.6 is 23.2 Å². The van der Waals surface area contributed by atoms with E-state index >= 15 is 0 Å². The van der Waals surface area contributed by atoms with Crippen molar-refractivity contribution < 1.29 is 5.11 Å². The van der Waals surface area contributed by atoms with Crippen molar-refractivity contribution in [1.82, 2.24) is 9.97 Å². The van der Waals surface area contributed by atoms with Crippen molar-refractivity contribution in [1.29, 1.82) is 0 Å². The molecule has 29 heavy (non-hydrogen) atoms. The highest BCUT2D eigenvalue weighted by atomic mass is 35.5. The number of halogens is 2. The highest BCUT2D eigenvalue weighted by Crippen LogP contribution is 2.39. The lowest BCUT2D eigenvalue weighted by Gasteiger charge is -2.20. The maximum absolute atomic E-state index is 11.0. The summed E-state index contributed by atoms with van der Waals surface area (Å²) in [6, 6.07) is 17.5. The Morgan fingerprint density at radius 2 is 1.83 bits per heavy atom. The van der Waals surface area contributed by atoms with Gasteiger partial charge in [0, 0.05) is 40.0 Å². The Morgan fingerprint density at radius 3 is 2.62 bits per heavy atom. The zero-order valence-corrected chi connectivity index (χ0v) is 17.5. The molecule has 1 N–H and O–H groups in total. The molecule has 1 atom stereocenters. The van der Waals surface area contributed by atoms with Crippen LogP contribution in [0.4, 0.5) is 0 Å². The van der Waals surface area contributed by atoms with Gasteiger partial charge in [-0.3, -0.25) is 9.97 Å². The van der Waals surface area contributed by atoms with Gasteiger partial charge in [0.15, 0.2) is 0 Å². The highest BCUT2D eigenvalue weighted by Gasteiger charge is 2.21. The van der Waals surface area contributed by atoms with Crippen molar-refractivity contribution in [3.8, 4) is 5.75 Å². The fraction of sp³-hybridized carbons (Fsp3) is 0.167. The Bertz CT molecular complexity index is 1180. The molecule has 0 aliphatic heterocycles. The topological polar surface area (TPSA) is 46.0 Å². The number of aryl methyl sites for hydroxylation is 2. The first-order chi connectivity index (χ1) is 14.0. The second-order valence-corrected chi connectivity index (χ2v) is 8.01. The Balaban J connectivity index is 1.76. The maximum atomic E-state index is 11.0. The Morgan fingerprint density at radius 1 is 0.966 bits per heavy atom. The molecule has 0 amide bonds. The van der Waals surface area contributed by atoms with Gasteiger partial charge in [-0.2, -0.15) is 0 Å². The van der Waals surface area contributed by atoms with E-state index in [1.165, 1.54) is 0 Å². The first-order valence-corrected chi connectivity index (χ1v) is 10.2. The van der Waals surface area contributed by atoms with E-state index in [0.29, 0.717) is 15.6 Å². The predicted octanol–water partition coefficient (Wildman–Crippen LogP) is 6.72. The summed E-state index contributed by atoms with van der Waals surface area (Å²) in [5.74, 6) is 0.172. The van der Waals surface area contributed by atoms with E-state index in [-0.39, 0.29) is 11.7 Å². The third-order valence-electron chi connectivity index (χ3n) is 5.23. The molecule has 0 saturated heterocycles. The monoisotopic (exact) mass is 422 g/mol. The number of fused-ring (bicyclic) bond motifs is 1. The second-order valence-electron chi connectivity index (χ2n) is 7.14. The molecule has 2 aromatic heterocycles. The third kappa shape index (κ3) is 4.21. The number of phenols is 1. The van der Waals surface area contributed by atoms with Crippen LogP contribution in [0.3, 0.4) is 0 Å². The summed E-state index contributed by atoms with van der Waals surface area (Å²) in [6.07, 6.45) is 4.89. The molecular weight excluding hydrogens is 403 g/mol. The van der Waals surface area contributed by atoms with Crippen molar-refractivity contribution in [2.75, 3.05) is 0 Å². The summed E-state index contributed by atoms with van der Waals surface area (Å²) < 4.78 is 0. The minimum Gasteiger partial charge on any atom is -0.505 e. The van der Waals surface area contributed by atoms with E-state index in [0.717, 1.165) is 40.6 Å². The van der Waals surface area contributed by atoms with E-state index < -0.39 is 0 Å². The molecule has 0 saturated carbocycles. The van der Waals surface area contributed by atoms with Crippen LogP contribution in [0.25, 0.3) is 10.9 Å². The number of aromatic nitrogens is 2. The lowest BCUT2D eigenvalue weighted by molar-refractivity contribution is 0.467. The smallest absolute Gasteiger partial charge is 0.145 e. The number of pyridine rings is 2. The molecular formula is C24H20Cl2N2O. The van der Waals surface area contributed by atoms with Crippen LogP contribution in [0.2, 0.25) is 10.0 Å². The number of hydrogen-bond acceptors (Lipinski definition) is 3. The minimum absolute atomic E-state index is 0.0445. The summed E-state index contributed by atoms with van der Waals surface area (Å²) in [6.45, 7) is 2.01. The molecule has 2 heterocycles. The van der Waals surface area contributed by atoms with Gasteiger partial charge in [-0.05, 0) is 55.2 Å². The summed E-state index contributed by atoms with van der Waals surface area (Å²) in [5.41, 5.74) is 4.56. The van der Waals surface area contributed by atoms with Crippen LogP contribution in [-0.4, -0.2) is 15.1 Å². The molecule has 0 fully saturated rings. The first-order valence-electron chi connectivity index (χ1n) is 9.46. The molecule has 0 bridgehead atoms. The van der Waals surface area contributed by atoms with Gasteiger partial charge < -0.3 is 5.11 Å². The Hall–Kier alpha value is -2.62. The molecule has 1 unspecified atom stereocenters. The van der Waals surface area contributed by atoms with Crippen molar-refractivity contribution in [3.63, 3.8) is 0 Å². The van der Waals surface area contributed by atoms with Crippen LogP contribution in [-0.2, 0) is 6.42 Å². The maximum Gasteiger partial charge on any atom is 0.145 e. The minimum atomic E-state index is -0.0445. The standard InChI is InChI=1S/C24H20Cl2N2O/c1-15-12-19(26)14-28-22(15)10-9-20(17-4-2-6-18(25)13-17)21-8-7-16-5-3-11-27-23(16)24(21)29/h2-8,11-14,20,29H,9-10H2,1H3. The molecule has 4 rings (SSSR count). The number of hydrogen-bond donors (Lipinski definition) is 1. The summed E-state index contributed by atoms with van der Waals surface area (Å²) >= 11 is 12.3. The largest absolute Gasteiger partial charge is 0.505 e. The number of benzene rings is 2. The van der Waals surface area contributed by atoms with E-state index in [4.69, 9.17) is 23.2 Å². The molecule has 4 aromatic rings. The number of phenolic OH excluding ortho intramolecular Hbond substituents is 1. The molecule has 0 radical (unpaired) electrons. The molecule has 0 aliphatic rings. The molecule has 5 heteroatoms. The molecule has 2 aromatic carbocycles. The number of rotatable bonds is 5. The lowest BCUT2D eigenvalue weighted by atomic mass is 9.85. The lowest BCUT2D eigenvalue weighted by Crippen LogP contribution is -2.06. The number of aromatic hydroxyl groups is 1. The van der Waals surface area contributed by atoms with Gasteiger partial charge in [0.1, 0.15) is 11.3 Å². The van der Waals surface area contributed by atoms with Gasteiger partial charge in [0.2, 0.25) is 0 Å². The SMILES string of the molecule is Cc1cc(Cl)cnc1CCC(c1cccc(Cl)c1)c1ccc2cccnc2c1O. The van der Waals surface area contributed by atoms with Crippen LogP contribution in [0.5, 0.6) is 5.75 Å². The van der Waals surface area contributed by atoms with Crippen LogP contribution in [0, 0.1) is 6.92 Å². The van der Waals surface area contributed by atoms with Gasteiger partial charge in [-0.15, -0.1) is 0 Å². The Labute approximate surface area is 180 Å². The summed E-state index contributed by atoms with van der Waals surface area (Å²) in [7, 11) is 0. The van der Waals surface area contributed by atoms with Crippen molar-refractivity contribution in [2.24, 2.45) is 0 Å². The van der Waals surface area contributed by atoms with Gasteiger partial charge in [-0.1, -0.05) is 53.5 Å². The fourth-order valence-electron chi connectivity index (χ4n) is 3.76. The number of nitrogens with zero attached hydrogens (tertiary/aromatic N) is 2. The van der Waals surface area contributed by atoms with Crippen molar-refractivity contribution in [2.45, 2.75) is 25.7 Å². The van der Waals surface area contributed by atoms with E-state index in [2.05, 4.69) is 9.97 Å². The van der Waals surface area contributed by atoms with E-state index in [1.807, 2.05) is 61.5 Å². The zero-order chi connectivity index (χ0) is 20.4.